The minimum Gasteiger partial charge on any atom is -0.466 e. The molecule has 112 valence electrons. The molecule has 2 aromatic heterocycles. The summed E-state index contributed by atoms with van der Waals surface area (Å²) in [5.41, 5.74) is 4.01. The molecule has 4 nitrogen and oxygen atoms in total. The van der Waals surface area contributed by atoms with Crippen molar-refractivity contribution in [2.45, 2.75) is 13.5 Å². The van der Waals surface area contributed by atoms with Crippen molar-refractivity contribution in [3.8, 4) is 11.3 Å². The average molecular weight is 316 g/mol. The number of halogens is 1. The number of ether oxygens (including phenoxy) is 1. The Kier molecular flexibility index (Phi) is 3.86. The van der Waals surface area contributed by atoms with Crippen molar-refractivity contribution in [3.63, 3.8) is 0 Å². The first-order valence-corrected chi connectivity index (χ1v) is 7.30. The van der Waals surface area contributed by atoms with E-state index >= 15 is 0 Å². The Morgan fingerprint density at radius 1 is 1.18 bits per heavy atom. The summed E-state index contributed by atoms with van der Waals surface area (Å²) >= 11 is 5.96. The summed E-state index contributed by atoms with van der Waals surface area (Å²) in [6, 6.07) is 11.6. The van der Waals surface area contributed by atoms with Crippen LogP contribution >= 0.6 is 11.6 Å². The number of esters is 1. The van der Waals surface area contributed by atoms with Gasteiger partial charge in [-0.15, -0.1) is 0 Å². The molecule has 0 N–H and O–H groups in total. The van der Waals surface area contributed by atoms with Gasteiger partial charge in [0, 0.05) is 16.7 Å². The van der Waals surface area contributed by atoms with Gasteiger partial charge in [0.15, 0.2) is 12.2 Å². The largest absolute Gasteiger partial charge is 0.466 e. The Hall–Kier alpha value is -2.33. The fraction of sp³-hybridized carbons (Fsp3) is 0.176. The molecule has 0 fully saturated rings. The molecule has 3 rings (SSSR count). The number of hydrogen-bond donors (Lipinski definition) is 0. The number of aryl methyl sites for hydroxylation is 1. The van der Waals surface area contributed by atoms with Crippen LogP contribution in [0, 0.1) is 6.92 Å². The van der Waals surface area contributed by atoms with Crippen molar-refractivity contribution in [2.24, 2.45) is 0 Å². The van der Waals surface area contributed by atoms with E-state index in [1.54, 1.807) is 0 Å². The topological polar surface area (TPSA) is 35.3 Å². The van der Waals surface area contributed by atoms with Gasteiger partial charge in [-0.25, -0.2) is 13.8 Å². The van der Waals surface area contributed by atoms with Crippen LogP contribution in [0.4, 0.5) is 0 Å². The molecule has 2 heterocycles. The third-order valence-corrected chi connectivity index (χ3v) is 3.84. The molecule has 3 aromatic rings. The van der Waals surface area contributed by atoms with E-state index in [1.807, 2.05) is 64.7 Å². The molecule has 0 atom stereocenters. The SMILES string of the molecule is COC(=O)Cn1c(-c2ccc(Cl)cc2)c[n+]2cc(C)ccc12. The maximum absolute atomic E-state index is 11.8. The molecular formula is C17H16ClN2O2+. The quantitative estimate of drug-likeness (QED) is 0.550. The van der Waals surface area contributed by atoms with Crippen molar-refractivity contribution < 1.29 is 13.9 Å². The van der Waals surface area contributed by atoms with Gasteiger partial charge in [-0.2, -0.15) is 0 Å². The molecule has 0 spiro atoms. The number of rotatable bonds is 3. The number of aromatic nitrogens is 2. The number of benzene rings is 1. The minimum absolute atomic E-state index is 0.161. The molecule has 1 aromatic carbocycles. The number of pyridine rings is 1. The summed E-state index contributed by atoms with van der Waals surface area (Å²) in [4.78, 5) is 11.8. The molecule has 0 aliphatic carbocycles. The lowest BCUT2D eigenvalue weighted by Gasteiger charge is -2.02. The van der Waals surface area contributed by atoms with Crippen LogP contribution in [0.15, 0.2) is 48.8 Å². The number of carbonyl (C=O) groups excluding carboxylic acids is 1. The van der Waals surface area contributed by atoms with Gasteiger partial charge in [-0.3, -0.25) is 0 Å². The number of imidazole rings is 1. The highest BCUT2D eigenvalue weighted by molar-refractivity contribution is 6.30. The van der Waals surface area contributed by atoms with E-state index in [9.17, 15) is 4.79 Å². The molecule has 0 radical (unpaired) electrons. The first-order chi connectivity index (χ1) is 10.6. The smallest absolute Gasteiger partial charge is 0.348 e. The molecular weight excluding hydrogens is 300 g/mol. The third kappa shape index (κ3) is 2.70. The Balaban J connectivity index is 2.20. The van der Waals surface area contributed by atoms with E-state index in [4.69, 9.17) is 16.3 Å². The van der Waals surface area contributed by atoms with Gasteiger partial charge in [0.1, 0.15) is 6.20 Å². The van der Waals surface area contributed by atoms with Crippen LogP contribution in [-0.2, 0) is 16.1 Å². The Morgan fingerprint density at radius 3 is 2.59 bits per heavy atom. The summed E-state index contributed by atoms with van der Waals surface area (Å²) in [6.07, 6.45) is 4.04. The fourth-order valence-electron chi connectivity index (χ4n) is 2.49. The van der Waals surface area contributed by atoms with Crippen LogP contribution in [0.1, 0.15) is 5.56 Å². The molecule has 0 saturated heterocycles. The van der Waals surface area contributed by atoms with Crippen molar-refractivity contribution >= 4 is 23.2 Å². The molecule has 0 aliphatic heterocycles. The van der Waals surface area contributed by atoms with Crippen LogP contribution in [-0.4, -0.2) is 17.6 Å². The first kappa shape index (κ1) is 14.6. The highest BCUT2D eigenvalue weighted by atomic mass is 35.5. The van der Waals surface area contributed by atoms with Crippen molar-refractivity contribution in [2.75, 3.05) is 7.11 Å². The van der Waals surface area contributed by atoms with E-state index in [1.165, 1.54) is 7.11 Å². The van der Waals surface area contributed by atoms with E-state index in [0.717, 1.165) is 22.5 Å². The van der Waals surface area contributed by atoms with Crippen molar-refractivity contribution in [1.82, 2.24) is 4.57 Å². The molecule has 5 heteroatoms. The number of methoxy groups -OCH3 is 1. The lowest BCUT2D eigenvalue weighted by Crippen LogP contribution is -2.20. The highest BCUT2D eigenvalue weighted by Gasteiger charge is 2.21. The molecule has 0 bridgehead atoms. The predicted molar refractivity (Wildman–Crippen MR) is 84.8 cm³/mol. The molecule has 22 heavy (non-hydrogen) atoms. The van der Waals surface area contributed by atoms with Crippen LogP contribution in [0.3, 0.4) is 0 Å². The van der Waals surface area contributed by atoms with Crippen LogP contribution in [0.5, 0.6) is 0 Å². The van der Waals surface area contributed by atoms with E-state index in [-0.39, 0.29) is 12.5 Å². The van der Waals surface area contributed by atoms with E-state index < -0.39 is 0 Å². The zero-order valence-corrected chi connectivity index (χ0v) is 13.2. The van der Waals surface area contributed by atoms with Crippen LogP contribution in [0.2, 0.25) is 5.02 Å². The molecule has 0 amide bonds. The van der Waals surface area contributed by atoms with Crippen molar-refractivity contribution in [1.29, 1.82) is 0 Å². The van der Waals surface area contributed by atoms with E-state index in [0.29, 0.717) is 5.02 Å². The monoisotopic (exact) mass is 315 g/mol. The van der Waals surface area contributed by atoms with Gasteiger partial charge in [-0.1, -0.05) is 11.6 Å². The van der Waals surface area contributed by atoms with Crippen LogP contribution in [0.25, 0.3) is 16.9 Å². The Labute approximate surface area is 133 Å². The van der Waals surface area contributed by atoms with E-state index in [2.05, 4.69) is 0 Å². The second-order valence-electron chi connectivity index (χ2n) is 5.16. The normalized spacial score (nSPS) is 10.9. The number of fused-ring (bicyclic) bond motifs is 1. The standard InChI is InChI=1S/C17H16ClN2O2/c1-12-3-8-16-19(9-12)10-15(20(16)11-17(21)22-2)13-4-6-14(18)7-5-13/h3-10H,11H2,1-2H3/q+1. The maximum Gasteiger partial charge on any atom is 0.348 e. The second kappa shape index (κ2) is 5.81. The van der Waals surface area contributed by atoms with Crippen LogP contribution < -0.4 is 4.40 Å². The van der Waals surface area contributed by atoms with Gasteiger partial charge in [-0.05, 0) is 42.8 Å². The lowest BCUT2D eigenvalue weighted by atomic mass is 10.2. The number of nitrogens with zero attached hydrogens (tertiary/aromatic N) is 2. The fourth-order valence-corrected chi connectivity index (χ4v) is 2.62. The third-order valence-electron chi connectivity index (χ3n) is 3.59. The lowest BCUT2D eigenvalue weighted by molar-refractivity contribution is -0.510. The summed E-state index contributed by atoms with van der Waals surface area (Å²) in [5, 5.41) is 0.683. The summed E-state index contributed by atoms with van der Waals surface area (Å²) < 4.78 is 8.77. The van der Waals surface area contributed by atoms with Gasteiger partial charge in [0.05, 0.1) is 13.3 Å². The first-order valence-electron chi connectivity index (χ1n) is 6.92. The predicted octanol–water partition coefficient (Wildman–Crippen LogP) is 3.03. The second-order valence-corrected chi connectivity index (χ2v) is 5.59. The zero-order valence-electron chi connectivity index (χ0n) is 12.4. The maximum atomic E-state index is 11.8. The number of carbonyl (C=O) groups is 1. The van der Waals surface area contributed by atoms with Gasteiger partial charge in [0.25, 0.3) is 5.65 Å². The summed E-state index contributed by atoms with van der Waals surface area (Å²) in [7, 11) is 1.40. The Morgan fingerprint density at radius 2 is 1.91 bits per heavy atom. The average Bonchev–Trinajstić information content (AvgIpc) is 2.85. The van der Waals surface area contributed by atoms with Gasteiger partial charge >= 0.3 is 5.97 Å². The molecule has 0 aliphatic rings. The molecule has 0 unspecified atom stereocenters. The van der Waals surface area contributed by atoms with Gasteiger partial charge in [0.2, 0.25) is 0 Å². The van der Waals surface area contributed by atoms with Crippen molar-refractivity contribution in [3.05, 3.63) is 59.4 Å². The zero-order chi connectivity index (χ0) is 15.7. The summed E-state index contributed by atoms with van der Waals surface area (Å²) in [5.74, 6) is -0.283. The molecule has 0 saturated carbocycles. The highest BCUT2D eigenvalue weighted by Crippen LogP contribution is 2.23. The summed E-state index contributed by atoms with van der Waals surface area (Å²) in [6.45, 7) is 2.19. The van der Waals surface area contributed by atoms with Gasteiger partial charge < -0.3 is 4.74 Å². The minimum atomic E-state index is -0.283. The Bertz CT molecular complexity index is 838. The number of hydrogen-bond acceptors (Lipinski definition) is 2.